The summed E-state index contributed by atoms with van der Waals surface area (Å²) in [4.78, 5) is 45.6. The molecule has 12 N–H and O–H groups in total. The van der Waals surface area contributed by atoms with Crippen molar-refractivity contribution in [2.75, 3.05) is 31.2 Å². The largest absolute Gasteiger partial charge is 0.472 e. The molecule has 9 atom stereocenters. The maximum Gasteiger partial charge on any atom is 0.472 e. The lowest BCUT2D eigenvalue weighted by molar-refractivity contribution is -0.0561. The number of anilines is 2. The van der Waals surface area contributed by atoms with Crippen LogP contribution in [-0.2, 0) is 36.2 Å². The number of phosphoric ester groups is 1. The fourth-order valence-corrected chi connectivity index (χ4v) is 6.84. The van der Waals surface area contributed by atoms with Crippen molar-refractivity contribution < 1.29 is 43.3 Å². The zero-order valence-corrected chi connectivity index (χ0v) is 27.2. The maximum absolute atomic E-state index is 13.4. The summed E-state index contributed by atoms with van der Waals surface area (Å²) >= 11 is 0. The van der Waals surface area contributed by atoms with Crippen molar-refractivity contribution >= 4 is 41.9 Å². The second-order valence-electron chi connectivity index (χ2n) is 11.7. The summed E-state index contributed by atoms with van der Waals surface area (Å²) < 4.78 is 39.9. The Bertz CT molecular complexity index is 2120. The highest BCUT2D eigenvalue weighted by Crippen LogP contribution is 2.49. The number of hydrogen-bond acceptors (Lipinski definition) is 20. The summed E-state index contributed by atoms with van der Waals surface area (Å²) in [6.07, 6.45) is -6.10. The van der Waals surface area contributed by atoms with Crippen molar-refractivity contribution in [2.24, 2.45) is 5.73 Å². The van der Waals surface area contributed by atoms with Crippen molar-refractivity contribution in [3.8, 4) is 0 Å². The molecule has 0 bridgehead atoms. The summed E-state index contributed by atoms with van der Waals surface area (Å²) in [5.74, 6) is -0.136. The molecule has 5 aromatic rings. The third kappa shape index (κ3) is 6.79. The van der Waals surface area contributed by atoms with Gasteiger partial charge in [0.1, 0.15) is 48.5 Å². The molecule has 2 aliphatic rings. The minimum Gasteiger partial charge on any atom is -0.387 e. The fourth-order valence-electron chi connectivity index (χ4n) is 5.87. The first-order valence-electron chi connectivity index (χ1n) is 15.4. The molecular formula is C25H34N15O10P. The Balaban J connectivity index is 1.08. The zero-order chi connectivity index (χ0) is 36.0. The van der Waals surface area contributed by atoms with E-state index < -0.39 is 69.1 Å². The Morgan fingerprint density at radius 2 is 1.71 bits per heavy atom. The van der Waals surface area contributed by atoms with Gasteiger partial charge in [0, 0.05) is 25.8 Å². The number of imidazole rings is 2. The molecule has 0 saturated carbocycles. The van der Waals surface area contributed by atoms with Gasteiger partial charge in [-0.05, 0) is 0 Å². The Kier molecular flexibility index (Phi) is 9.50. The number of nitrogens with zero attached hydrogens (tertiary/aromatic N) is 10. The lowest BCUT2D eigenvalue weighted by Crippen LogP contribution is -2.37. The normalized spacial score (nSPS) is 27.9. The van der Waals surface area contributed by atoms with Gasteiger partial charge in [-0.3, -0.25) is 28.0 Å². The molecule has 0 radical (unpaired) electrons. The molecule has 7 heterocycles. The van der Waals surface area contributed by atoms with E-state index in [0.717, 1.165) is 6.33 Å². The maximum atomic E-state index is 13.4. The lowest BCUT2D eigenvalue weighted by Gasteiger charge is -2.24. The van der Waals surface area contributed by atoms with Crippen molar-refractivity contribution in [1.82, 2.24) is 59.3 Å². The molecule has 5 aromatic heterocycles. The molecule has 2 saturated heterocycles. The second kappa shape index (κ2) is 13.9. The Morgan fingerprint density at radius 3 is 2.49 bits per heavy atom. The molecular weight excluding hydrogens is 701 g/mol. The monoisotopic (exact) mass is 735 g/mol. The highest BCUT2D eigenvalue weighted by Gasteiger charge is 2.51. The predicted molar refractivity (Wildman–Crippen MR) is 170 cm³/mol. The predicted octanol–water partition coefficient (Wildman–Crippen LogP) is -4.16. The summed E-state index contributed by atoms with van der Waals surface area (Å²) in [5, 5.41) is 44.2. The van der Waals surface area contributed by atoms with Gasteiger partial charge in [-0.2, -0.15) is 4.98 Å². The van der Waals surface area contributed by atoms with Crippen molar-refractivity contribution in [3.05, 3.63) is 41.2 Å². The zero-order valence-electron chi connectivity index (χ0n) is 26.4. The van der Waals surface area contributed by atoms with Crippen LogP contribution in [0.5, 0.6) is 0 Å². The number of ether oxygens (including phenoxy) is 2. The standard InChI is InChI=1S/C25H34N15O10P/c26-1-2-29-3-10-4-38(37-36-10)5-11-18(17(43)24(48-11)39-8-32-13-19(27)30-7-31-20(13)39)50-51(45,46)47-6-12-15(41)16(42)23(49-12)40-9-33-14-21(40)34-25(28)35-22(14)44/h4,7-9,11-12,15-18,23-24,29,41-43H,1-3,5-6,26H2,(H,45,46)(H2,27,30,31)(H3,28,34,35,44)/t11-,12-,15-,16-,17-,18-,23-,24-/m1/s1. The minimum atomic E-state index is -5.07. The van der Waals surface area contributed by atoms with Gasteiger partial charge in [0.2, 0.25) is 5.95 Å². The van der Waals surface area contributed by atoms with E-state index in [1.165, 1.54) is 26.5 Å². The molecule has 0 spiro atoms. The number of nitrogen functional groups attached to an aromatic ring is 2. The molecule has 274 valence electrons. The first kappa shape index (κ1) is 34.9. The molecule has 2 aliphatic heterocycles. The van der Waals surface area contributed by atoms with E-state index >= 15 is 0 Å². The van der Waals surface area contributed by atoms with Crippen LogP contribution in [0.4, 0.5) is 11.8 Å². The van der Waals surface area contributed by atoms with Gasteiger partial charge >= 0.3 is 7.82 Å². The van der Waals surface area contributed by atoms with Gasteiger partial charge in [0.05, 0.1) is 31.5 Å². The van der Waals surface area contributed by atoms with Gasteiger partial charge in [0.25, 0.3) is 5.56 Å². The smallest absolute Gasteiger partial charge is 0.387 e. The molecule has 2 fully saturated rings. The molecule has 7 rings (SSSR count). The van der Waals surface area contributed by atoms with E-state index in [4.69, 9.17) is 35.7 Å². The number of nitrogens with two attached hydrogens (primary N) is 3. The van der Waals surface area contributed by atoms with E-state index in [1.54, 1.807) is 6.20 Å². The average molecular weight is 736 g/mol. The number of aromatic nitrogens is 11. The van der Waals surface area contributed by atoms with Crippen molar-refractivity contribution in [1.29, 1.82) is 0 Å². The van der Waals surface area contributed by atoms with Crippen LogP contribution < -0.4 is 28.1 Å². The molecule has 25 nitrogen and oxygen atoms in total. The van der Waals surface area contributed by atoms with Gasteiger partial charge in [-0.25, -0.2) is 29.2 Å². The Hall–Kier alpha value is -4.53. The van der Waals surface area contributed by atoms with Gasteiger partial charge in [-0.15, -0.1) is 5.10 Å². The van der Waals surface area contributed by atoms with Gasteiger partial charge in [0.15, 0.2) is 35.1 Å². The number of aromatic amines is 1. The van der Waals surface area contributed by atoms with Crippen LogP contribution in [0.15, 0.2) is 30.0 Å². The van der Waals surface area contributed by atoms with E-state index in [-0.39, 0.29) is 40.6 Å². The second-order valence-corrected chi connectivity index (χ2v) is 13.1. The number of aliphatic hydroxyl groups is 3. The molecule has 0 aliphatic carbocycles. The van der Waals surface area contributed by atoms with Crippen LogP contribution >= 0.6 is 7.82 Å². The van der Waals surface area contributed by atoms with E-state index in [2.05, 4.69) is 45.5 Å². The minimum absolute atomic E-state index is 0.0350. The quantitative estimate of drug-likeness (QED) is 0.0409. The summed E-state index contributed by atoms with van der Waals surface area (Å²) in [5.41, 5.74) is 17.4. The average Bonchev–Trinajstić information content (AvgIpc) is 3.91. The Morgan fingerprint density at radius 1 is 0.980 bits per heavy atom. The lowest BCUT2D eigenvalue weighted by atomic mass is 10.1. The number of aliphatic hydroxyl groups excluding tert-OH is 3. The summed E-state index contributed by atoms with van der Waals surface area (Å²) in [6, 6.07) is 0. The van der Waals surface area contributed by atoms with Crippen LogP contribution in [0.1, 0.15) is 18.1 Å². The topological polar surface area (TPSA) is 363 Å². The molecule has 51 heavy (non-hydrogen) atoms. The van der Waals surface area contributed by atoms with Crippen LogP contribution in [0, 0.1) is 0 Å². The van der Waals surface area contributed by atoms with E-state index in [9.17, 15) is 29.6 Å². The van der Waals surface area contributed by atoms with Crippen LogP contribution in [0.2, 0.25) is 0 Å². The molecule has 26 heteroatoms. The highest BCUT2D eigenvalue weighted by atomic mass is 31.2. The number of H-pyrrole nitrogens is 1. The number of nitrogens with one attached hydrogen (secondary N) is 2. The van der Waals surface area contributed by atoms with E-state index in [0.29, 0.717) is 25.3 Å². The summed E-state index contributed by atoms with van der Waals surface area (Å²) in [7, 11) is -5.07. The molecule has 0 amide bonds. The first-order chi connectivity index (χ1) is 24.4. The molecule has 0 aromatic carbocycles. The van der Waals surface area contributed by atoms with Gasteiger partial charge in [-0.1, -0.05) is 5.21 Å². The SMILES string of the molecule is NCCNCc1cn(C[C@H]2O[C@@H](n3cnc4c(N)ncnc43)[C@H](O)[C@@H]2OP(=O)(O)OC[C@H]2O[C@@H](n3cnc4c(=O)[nH]c(N)nc43)[C@H](O)[C@@H]2O)nn1. The van der Waals surface area contributed by atoms with E-state index in [1.807, 2.05) is 0 Å². The number of rotatable bonds is 13. The van der Waals surface area contributed by atoms with Crippen LogP contribution in [-0.4, -0.2) is 131 Å². The molecule has 1 unspecified atom stereocenters. The van der Waals surface area contributed by atoms with Gasteiger partial charge < -0.3 is 52.2 Å². The Labute approximate surface area is 285 Å². The van der Waals surface area contributed by atoms with Crippen LogP contribution in [0.3, 0.4) is 0 Å². The van der Waals surface area contributed by atoms with Crippen LogP contribution in [0.25, 0.3) is 22.3 Å². The van der Waals surface area contributed by atoms with Crippen molar-refractivity contribution in [2.45, 2.75) is 62.2 Å². The fraction of sp³-hybridized carbons (Fsp3) is 0.520. The summed E-state index contributed by atoms with van der Waals surface area (Å²) in [6.45, 7) is 0.505. The number of fused-ring (bicyclic) bond motifs is 2. The first-order valence-corrected chi connectivity index (χ1v) is 16.9. The highest BCUT2D eigenvalue weighted by molar-refractivity contribution is 7.47. The van der Waals surface area contributed by atoms with Crippen molar-refractivity contribution in [3.63, 3.8) is 0 Å². The third-order valence-electron chi connectivity index (χ3n) is 8.27. The number of hydrogen-bond donors (Lipinski definition) is 9. The third-order valence-corrected chi connectivity index (χ3v) is 9.26. The number of phosphoric acid groups is 1.